The van der Waals surface area contributed by atoms with Crippen LogP contribution in [0.15, 0.2) is 0 Å². The van der Waals surface area contributed by atoms with Crippen LogP contribution in [0.1, 0.15) is 44.0 Å². The molecule has 5 heteroatoms. The van der Waals surface area contributed by atoms with Gasteiger partial charge in [-0.1, -0.05) is 31.4 Å². The third-order valence-electron chi connectivity index (χ3n) is 2.45. The average Bonchev–Trinajstić information content (AvgIpc) is 2.68. The summed E-state index contributed by atoms with van der Waals surface area (Å²) < 4.78 is 6.82. The van der Waals surface area contributed by atoms with Crippen LogP contribution in [0.3, 0.4) is 0 Å². The molecule has 1 aromatic rings. The Morgan fingerprint density at radius 3 is 2.81 bits per heavy atom. The third kappa shape index (κ3) is 3.31. The number of ether oxygens (including phenoxy) is 1. The Hall–Kier alpha value is -1.41. The molecular weight excluding hydrogens is 204 g/mol. The van der Waals surface area contributed by atoms with Gasteiger partial charge in [0, 0.05) is 13.7 Å². The first-order valence-corrected chi connectivity index (χ1v) is 5.64. The molecule has 1 heterocycles. The molecule has 0 aliphatic carbocycles. The van der Waals surface area contributed by atoms with E-state index in [9.17, 15) is 0 Å². The summed E-state index contributed by atoms with van der Waals surface area (Å²) in [6, 6.07) is 2.03. The van der Waals surface area contributed by atoms with Crippen molar-refractivity contribution in [1.82, 2.24) is 15.0 Å². The molecule has 5 nitrogen and oxygen atoms in total. The predicted octanol–water partition coefficient (Wildman–Crippen LogP) is 1.88. The Balaban J connectivity index is 2.58. The first kappa shape index (κ1) is 12.7. The fourth-order valence-electron chi connectivity index (χ4n) is 1.57. The molecule has 16 heavy (non-hydrogen) atoms. The molecule has 88 valence electrons. The number of methoxy groups -OCH3 is 1. The van der Waals surface area contributed by atoms with Crippen molar-refractivity contribution in [3.63, 3.8) is 0 Å². The van der Waals surface area contributed by atoms with Crippen molar-refractivity contribution < 1.29 is 4.74 Å². The molecule has 0 aliphatic rings. The van der Waals surface area contributed by atoms with E-state index < -0.39 is 0 Å². The summed E-state index contributed by atoms with van der Waals surface area (Å²) in [6.45, 7) is 3.39. The standard InChI is InChI=1S/C11H18N4O/c1-3-4-5-6-7-15-11(9-16-2)10(8-12)13-14-15/h3-7,9H2,1-2H3. The smallest absolute Gasteiger partial charge is 0.188 e. The third-order valence-corrected chi connectivity index (χ3v) is 2.45. The van der Waals surface area contributed by atoms with Gasteiger partial charge in [0.25, 0.3) is 0 Å². The molecule has 1 rings (SSSR count). The van der Waals surface area contributed by atoms with E-state index in [1.165, 1.54) is 19.3 Å². The number of nitrogens with zero attached hydrogens (tertiary/aromatic N) is 4. The molecule has 0 radical (unpaired) electrons. The summed E-state index contributed by atoms with van der Waals surface area (Å²) in [5.41, 5.74) is 1.15. The van der Waals surface area contributed by atoms with Crippen LogP contribution in [0.4, 0.5) is 0 Å². The molecule has 0 amide bonds. The molecule has 0 aliphatic heterocycles. The quantitative estimate of drug-likeness (QED) is 0.661. The lowest BCUT2D eigenvalue weighted by atomic mass is 10.2. The topological polar surface area (TPSA) is 63.7 Å². The van der Waals surface area contributed by atoms with E-state index in [4.69, 9.17) is 10.00 Å². The second-order valence-corrected chi connectivity index (χ2v) is 3.71. The first-order chi connectivity index (χ1) is 7.83. The first-order valence-electron chi connectivity index (χ1n) is 5.64. The van der Waals surface area contributed by atoms with E-state index in [-0.39, 0.29) is 0 Å². The highest BCUT2D eigenvalue weighted by Gasteiger charge is 2.11. The van der Waals surface area contributed by atoms with Crippen LogP contribution >= 0.6 is 0 Å². The molecule has 1 aromatic heterocycles. The summed E-state index contributed by atoms with van der Waals surface area (Å²) >= 11 is 0. The zero-order chi connectivity index (χ0) is 11.8. The van der Waals surface area contributed by atoms with Gasteiger partial charge >= 0.3 is 0 Å². The lowest BCUT2D eigenvalue weighted by molar-refractivity contribution is 0.176. The highest BCUT2D eigenvalue weighted by atomic mass is 16.5. The summed E-state index contributed by atoms with van der Waals surface area (Å²) in [5, 5.41) is 16.6. The van der Waals surface area contributed by atoms with Crippen LogP contribution in [0.5, 0.6) is 0 Å². The zero-order valence-corrected chi connectivity index (χ0v) is 9.94. The van der Waals surface area contributed by atoms with Crippen molar-refractivity contribution in [3.8, 4) is 6.07 Å². The lowest BCUT2D eigenvalue weighted by Crippen LogP contribution is -2.07. The summed E-state index contributed by atoms with van der Waals surface area (Å²) in [7, 11) is 1.61. The number of aromatic nitrogens is 3. The minimum Gasteiger partial charge on any atom is -0.378 e. The fraction of sp³-hybridized carbons (Fsp3) is 0.727. The van der Waals surface area contributed by atoms with Crippen molar-refractivity contribution in [2.45, 2.75) is 45.8 Å². The Morgan fingerprint density at radius 2 is 2.19 bits per heavy atom. The van der Waals surface area contributed by atoms with E-state index in [1.54, 1.807) is 11.8 Å². The molecule has 0 saturated carbocycles. The van der Waals surface area contributed by atoms with Gasteiger partial charge in [-0.05, 0) is 6.42 Å². The Bertz CT molecular complexity index is 353. The molecule has 0 spiro atoms. The molecule has 0 N–H and O–H groups in total. The van der Waals surface area contributed by atoms with Crippen molar-refractivity contribution in [2.75, 3.05) is 7.11 Å². The average molecular weight is 222 g/mol. The van der Waals surface area contributed by atoms with Crippen LogP contribution in [-0.4, -0.2) is 22.1 Å². The van der Waals surface area contributed by atoms with Crippen molar-refractivity contribution in [1.29, 1.82) is 5.26 Å². The van der Waals surface area contributed by atoms with Gasteiger partial charge in [0.2, 0.25) is 0 Å². The lowest BCUT2D eigenvalue weighted by Gasteiger charge is -2.05. The normalized spacial score (nSPS) is 10.3. The Morgan fingerprint density at radius 1 is 1.38 bits per heavy atom. The maximum Gasteiger partial charge on any atom is 0.188 e. The van der Waals surface area contributed by atoms with Crippen LogP contribution in [0.2, 0.25) is 0 Å². The van der Waals surface area contributed by atoms with E-state index in [1.807, 2.05) is 6.07 Å². The number of rotatable bonds is 7. The summed E-state index contributed by atoms with van der Waals surface area (Å²) in [6.07, 6.45) is 4.70. The zero-order valence-electron chi connectivity index (χ0n) is 9.94. The van der Waals surface area contributed by atoms with Gasteiger partial charge in [-0.25, -0.2) is 4.68 Å². The van der Waals surface area contributed by atoms with Gasteiger partial charge in [0.1, 0.15) is 11.8 Å². The maximum absolute atomic E-state index is 8.85. The van der Waals surface area contributed by atoms with Crippen LogP contribution in [-0.2, 0) is 17.9 Å². The van der Waals surface area contributed by atoms with Crippen molar-refractivity contribution in [3.05, 3.63) is 11.4 Å². The molecular formula is C11H18N4O. The molecule has 0 unspecified atom stereocenters. The highest BCUT2D eigenvalue weighted by molar-refractivity contribution is 5.23. The second kappa shape index (κ2) is 6.96. The van der Waals surface area contributed by atoms with Gasteiger partial charge < -0.3 is 4.74 Å². The van der Waals surface area contributed by atoms with Crippen LogP contribution in [0.25, 0.3) is 0 Å². The number of hydrogen-bond donors (Lipinski definition) is 0. The minimum absolute atomic E-state index is 0.373. The van der Waals surface area contributed by atoms with Gasteiger partial charge in [-0.2, -0.15) is 5.26 Å². The van der Waals surface area contributed by atoms with Gasteiger partial charge in [0.15, 0.2) is 5.69 Å². The van der Waals surface area contributed by atoms with Crippen LogP contribution in [0, 0.1) is 11.3 Å². The summed E-state index contributed by atoms with van der Waals surface area (Å²) in [5.74, 6) is 0. The van der Waals surface area contributed by atoms with Gasteiger partial charge in [-0.3, -0.25) is 0 Å². The van der Waals surface area contributed by atoms with Crippen molar-refractivity contribution in [2.24, 2.45) is 0 Å². The minimum atomic E-state index is 0.373. The number of aryl methyl sites for hydroxylation is 1. The van der Waals surface area contributed by atoms with Crippen molar-refractivity contribution >= 4 is 0 Å². The van der Waals surface area contributed by atoms with E-state index in [0.29, 0.717) is 12.3 Å². The van der Waals surface area contributed by atoms with Gasteiger partial charge in [0.05, 0.1) is 6.61 Å². The van der Waals surface area contributed by atoms with E-state index >= 15 is 0 Å². The molecule has 0 saturated heterocycles. The molecule has 0 aromatic carbocycles. The molecule has 0 atom stereocenters. The fourth-order valence-corrected chi connectivity index (χ4v) is 1.57. The number of hydrogen-bond acceptors (Lipinski definition) is 4. The Kier molecular flexibility index (Phi) is 5.51. The molecule has 0 bridgehead atoms. The second-order valence-electron chi connectivity index (χ2n) is 3.71. The SMILES string of the molecule is CCCCCCn1nnc(C#N)c1COC. The largest absolute Gasteiger partial charge is 0.378 e. The number of nitriles is 1. The highest BCUT2D eigenvalue weighted by Crippen LogP contribution is 2.08. The Labute approximate surface area is 96.0 Å². The monoisotopic (exact) mass is 222 g/mol. The van der Waals surface area contributed by atoms with E-state index in [2.05, 4.69) is 17.2 Å². The summed E-state index contributed by atoms with van der Waals surface area (Å²) in [4.78, 5) is 0. The van der Waals surface area contributed by atoms with E-state index in [0.717, 1.165) is 18.7 Å². The molecule has 0 fully saturated rings. The van der Waals surface area contributed by atoms with Crippen LogP contribution < -0.4 is 0 Å². The maximum atomic E-state index is 8.85. The number of unbranched alkanes of at least 4 members (excludes halogenated alkanes) is 3. The van der Waals surface area contributed by atoms with Gasteiger partial charge in [-0.15, -0.1) is 5.10 Å². The predicted molar refractivity (Wildman–Crippen MR) is 59.6 cm³/mol.